The van der Waals surface area contributed by atoms with Gasteiger partial charge in [-0.1, -0.05) is 29.8 Å². The van der Waals surface area contributed by atoms with E-state index in [0.717, 1.165) is 33.0 Å². The number of aromatic amines is 1. The molecule has 2 nitrogen and oxygen atoms in total. The van der Waals surface area contributed by atoms with Gasteiger partial charge in [-0.15, -0.1) is 0 Å². The van der Waals surface area contributed by atoms with Crippen molar-refractivity contribution in [3.05, 3.63) is 52.5 Å². The molecule has 0 amide bonds. The molecule has 3 aromatic rings. The molecule has 0 aliphatic heterocycles. The van der Waals surface area contributed by atoms with Crippen LogP contribution in [0.2, 0.25) is 5.02 Å². The quantitative estimate of drug-likeness (QED) is 0.682. The fraction of sp³-hybridized carbons (Fsp3) is 0.133. The third-order valence-corrected chi connectivity index (χ3v) is 3.59. The lowest BCUT2D eigenvalue weighted by Gasteiger charge is -2.02. The Morgan fingerprint density at radius 1 is 1.11 bits per heavy atom. The maximum Gasteiger partial charge on any atom is 0.140 e. The summed E-state index contributed by atoms with van der Waals surface area (Å²) < 4.78 is 0. The van der Waals surface area contributed by atoms with E-state index in [1.165, 1.54) is 5.56 Å². The average molecular weight is 257 g/mol. The number of benzene rings is 2. The SMILES string of the molecule is Cc1ccc2nc(-c3cccc(C)c3Cl)[nH]c2c1. The molecule has 3 heteroatoms. The second-order valence-electron chi connectivity index (χ2n) is 4.54. The highest BCUT2D eigenvalue weighted by Crippen LogP contribution is 2.29. The van der Waals surface area contributed by atoms with E-state index in [2.05, 4.69) is 29.0 Å². The van der Waals surface area contributed by atoms with E-state index in [-0.39, 0.29) is 0 Å². The van der Waals surface area contributed by atoms with Crippen molar-refractivity contribution in [1.29, 1.82) is 0 Å². The molecule has 1 N–H and O–H groups in total. The highest BCUT2D eigenvalue weighted by Gasteiger charge is 2.10. The number of hydrogen-bond acceptors (Lipinski definition) is 1. The zero-order valence-electron chi connectivity index (χ0n) is 10.3. The number of fused-ring (bicyclic) bond motifs is 1. The number of hydrogen-bond donors (Lipinski definition) is 1. The molecule has 0 aliphatic carbocycles. The van der Waals surface area contributed by atoms with Crippen molar-refractivity contribution in [2.45, 2.75) is 13.8 Å². The summed E-state index contributed by atoms with van der Waals surface area (Å²) in [5, 5.41) is 0.758. The number of halogens is 1. The van der Waals surface area contributed by atoms with Crippen molar-refractivity contribution in [1.82, 2.24) is 9.97 Å². The van der Waals surface area contributed by atoms with Crippen molar-refractivity contribution in [2.75, 3.05) is 0 Å². The van der Waals surface area contributed by atoms with Gasteiger partial charge in [-0.3, -0.25) is 0 Å². The minimum atomic E-state index is 0.758. The first-order valence-electron chi connectivity index (χ1n) is 5.87. The van der Waals surface area contributed by atoms with Crippen LogP contribution in [0.4, 0.5) is 0 Å². The molecule has 18 heavy (non-hydrogen) atoms. The third kappa shape index (κ3) is 1.79. The van der Waals surface area contributed by atoms with Crippen molar-refractivity contribution in [3.8, 4) is 11.4 Å². The molecule has 0 saturated heterocycles. The lowest BCUT2D eigenvalue weighted by Crippen LogP contribution is -1.84. The average Bonchev–Trinajstić information content (AvgIpc) is 2.75. The number of nitrogens with one attached hydrogen (secondary N) is 1. The first kappa shape index (κ1) is 11.3. The Kier molecular flexibility index (Phi) is 2.60. The summed E-state index contributed by atoms with van der Waals surface area (Å²) in [6.45, 7) is 4.07. The summed E-state index contributed by atoms with van der Waals surface area (Å²) in [5.41, 5.74) is 5.24. The van der Waals surface area contributed by atoms with Crippen LogP contribution in [-0.4, -0.2) is 9.97 Å². The largest absolute Gasteiger partial charge is 0.338 e. The lowest BCUT2D eigenvalue weighted by atomic mass is 10.1. The smallest absolute Gasteiger partial charge is 0.140 e. The van der Waals surface area contributed by atoms with Gasteiger partial charge < -0.3 is 4.98 Å². The Hall–Kier alpha value is -1.80. The van der Waals surface area contributed by atoms with Gasteiger partial charge in [0.05, 0.1) is 16.1 Å². The molecule has 0 saturated carbocycles. The Bertz CT molecular complexity index is 728. The van der Waals surface area contributed by atoms with Crippen LogP contribution in [0.3, 0.4) is 0 Å². The minimum Gasteiger partial charge on any atom is -0.338 e. The zero-order chi connectivity index (χ0) is 12.7. The first-order chi connectivity index (χ1) is 8.65. The molecule has 0 atom stereocenters. The van der Waals surface area contributed by atoms with E-state index >= 15 is 0 Å². The monoisotopic (exact) mass is 256 g/mol. The molecule has 1 aromatic heterocycles. The van der Waals surface area contributed by atoms with Gasteiger partial charge in [0.15, 0.2) is 0 Å². The van der Waals surface area contributed by atoms with Gasteiger partial charge >= 0.3 is 0 Å². The van der Waals surface area contributed by atoms with E-state index in [1.807, 2.05) is 31.2 Å². The number of rotatable bonds is 1. The predicted molar refractivity (Wildman–Crippen MR) is 76.0 cm³/mol. The summed E-state index contributed by atoms with van der Waals surface area (Å²) in [5.74, 6) is 0.823. The van der Waals surface area contributed by atoms with Gasteiger partial charge in [0, 0.05) is 5.56 Å². The van der Waals surface area contributed by atoms with Crippen LogP contribution in [0.5, 0.6) is 0 Å². The van der Waals surface area contributed by atoms with Crippen molar-refractivity contribution in [3.63, 3.8) is 0 Å². The summed E-state index contributed by atoms with van der Waals surface area (Å²) in [6, 6.07) is 12.2. The van der Waals surface area contributed by atoms with Gasteiger partial charge in [0.2, 0.25) is 0 Å². The van der Waals surface area contributed by atoms with Crippen LogP contribution >= 0.6 is 11.6 Å². The number of nitrogens with zero attached hydrogens (tertiary/aromatic N) is 1. The molecule has 0 aliphatic rings. The third-order valence-electron chi connectivity index (χ3n) is 3.08. The second-order valence-corrected chi connectivity index (χ2v) is 4.92. The second kappa shape index (κ2) is 4.14. The maximum absolute atomic E-state index is 6.33. The van der Waals surface area contributed by atoms with Crippen molar-refractivity contribution < 1.29 is 0 Å². The predicted octanol–water partition coefficient (Wildman–Crippen LogP) is 4.50. The lowest BCUT2D eigenvalue weighted by molar-refractivity contribution is 1.32. The number of aromatic nitrogens is 2. The molecule has 0 bridgehead atoms. The maximum atomic E-state index is 6.33. The molecule has 0 fully saturated rings. The van der Waals surface area contributed by atoms with E-state index in [0.29, 0.717) is 0 Å². The van der Waals surface area contributed by atoms with E-state index in [1.54, 1.807) is 0 Å². The van der Waals surface area contributed by atoms with Crippen LogP contribution < -0.4 is 0 Å². The van der Waals surface area contributed by atoms with Gasteiger partial charge in [0.25, 0.3) is 0 Å². The molecule has 0 radical (unpaired) electrons. The summed E-state index contributed by atoms with van der Waals surface area (Å²) in [7, 11) is 0. The van der Waals surface area contributed by atoms with Crippen LogP contribution in [0.1, 0.15) is 11.1 Å². The fourth-order valence-corrected chi connectivity index (χ4v) is 2.30. The van der Waals surface area contributed by atoms with Crippen LogP contribution in [0.15, 0.2) is 36.4 Å². The normalized spacial score (nSPS) is 11.1. The number of aryl methyl sites for hydroxylation is 2. The van der Waals surface area contributed by atoms with Crippen molar-refractivity contribution >= 4 is 22.6 Å². The minimum absolute atomic E-state index is 0.758. The summed E-state index contributed by atoms with van der Waals surface area (Å²) in [4.78, 5) is 7.91. The van der Waals surface area contributed by atoms with Crippen LogP contribution in [0.25, 0.3) is 22.4 Å². The van der Waals surface area contributed by atoms with Crippen LogP contribution in [0, 0.1) is 13.8 Å². The van der Waals surface area contributed by atoms with Gasteiger partial charge in [0.1, 0.15) is 5.82 Å². The Balaban J connectivity index is 2.22. The van der Waals surface area contributed by atoms with Gasteiger partial charge in [-0.05, 0) is 43.2 Å². The van der Waals surface area contributed by atoms with Gasteiger partial charge in [-0.25, -0.2) is 4.98 Å². The standard InChI is InChI=1S/C15H13ClN2/c1-9-6-7-12-13(8-9)18-15(17-12)11-5-3-4-10(2)14(11)16/h3-8H,1-2H3,(H,17,18). The fourth-order valence-electron chi connectivity index (χ4n) is 2.08. The molecular formula is C15H13ClN2. The zero-order valence-corrected chi connectivity index (χ0v) is 11.0. The Morgan fingerprint density at radius 2 is 1.94 bits per heavy atom. The van der Waals surface area contributed by atoms with E-state index < -0.39 is 0 Å². The Morgan fingerprint density at radius 3 is 2.78 bits per heavy atom. The molecule has 90 valence electrons. The van der Waals surface area contributed by atoms with E-state index in [9.17, 15) is 0 Å². The molecule has 1 heterocycles. The topological polar surface area (TPSA) is 28.7 Å². The highest BCUT2D eigenvalue weighted by atomic mass is 35.5. The van der Waals surface area contributed by atoms with Crippen LogP contribution in [-0.2, 0) is 0 Å². The van der Waals surface area contributed by atoms with Crippen molar-refractivity contribution in [2.24, 2.45) is 0 Å². The Labute approximate surface area is 111 Å². The highest BCUT2D eigenvalue weighted by molar-refractivity contribution is 6.34. The van der Waals surface area contributed by atoms with E-state index in [4.69, 9.17) is 11.6 Å². The molecule has 0 spiro atoms. The first-order valence-corrected chi connectivity index (χ1v) is 6.25. The van der Waals surface area contributed by atoms with Gasteiger partial charge in [-0.2, -0.15) is 0 Å². The number of H-pyrrole nitrogens is 1. The molecule has 2 aromatic carbocycles. The summed E-state index contributed by atoms with van der Waals surface area (Å²) >= 11 is 6.33. The molecule has 3 rings (SSSR count). The summed E-state index contributed by atoms with van der Waals surface area (Å²) in [6.07, 6.45) is 0. The molecule has 0 unspecified atom stereocenters. The number of imidazole rings is 1. The molecular weight excluding hydrogens is 244 g/mol.